The third-order valence-corrected chi connectivity index (χ3v) is 3.07. The summed E-state index contributed by atoms with van der Waals surface area (Å²) in [6, 6.07) is 10.2. The van der Waals surface area contributed by atoms with E-state index < -0.39 is 23.9 Å². The quantitative estimate of drug-likeness (QED) is 0.568. The van der Waals surface area contributed by atoms with E-state index in [2.05, 4.69) is 10.6 Å². The van der Waals surface area contributed by atoms with Crippen molar-refractivity contribution in [3.05, 3.63) is 35.9 Å². The van der Waals surface area contributed by atoms with Gasteiger partial charge in [-0.1, -0.05) is 30.3 Å². The first kappa shape index (κ1) is 19.0. The summed E-state index contributed by atoms with van der Waals surface area (Å²) in [5.74, 6) is -1.25. The van der Waals surface area contributed by atoms with Crippen molar-refractivity contribution >= 4 is 17.9 Å². The maximum atomic E-state index is 11.7. The molecule has 1 aromatic rings. The summed E-state index contributed by atoms with van der Waals surface area (Å²) >= 11 is 0. The molecular weight excluding hydrogens is 312 g/mol. The first-order valence-electron chi connectivity index (χ1n) is 7.43. The molecule has 1 rings (SSSR count). The number of nitrogens with one attached hydrogen (secondary N) is 2. The van der Waals surface area contributed by atoms with Crippen LogP contribution in [0.1, 0.15) is 24.8 Å². The Morgan fingerprint density at radius 3 is 2.58 bits per heavy atom. The highest BCUT2D eigenvalue weighted by Gasteiger charge is 2.18. The number of rotatable bonds is 9. The molecule has 4 N–H and O–H groups in total. The van der Waals surface area contributed by atoms with Gasteiger partial charge in [0.1, 0.15) is 19.2 Å². The molecule has 0 saturated carbocycles. The van der Waals surface area contributed by atoms with Gasteiger partial charge in [0, 0.05) is 6.42 Å². The number of hydrogen-bond acceptors (Lipinski definition) is 5. The van der Waals surface area contributed by atoms with E-state index in [-0.39, 0.29) is 26.0 Å². The average molecular weight is 332 g/mol. The number of amides is 3. The number of nitrogens with two attached hydrogens (primary N) is 1. The number of ether oxygens (including phenoxy) is 1. The second-order valence-corrected chi connectivity index (χ2v) is 4.99. The molecule has 0 bridgehead atoms. The van der Waals surface area contributed by atoms with Crippen LogP contribution in [0.4, 0.5) is 4.79 Å². The minimum absolute atomic E-state index is 0.0896. The Kier molecular flexibility index (Phi) is 8.39. The van der Waals surface area contributed by atoms with Crippen LogP contribution in [-0.4, -0.2) is 30.5 Å². The topological polar surface area (TPSA) is 134 Å². The van der Waals surface area contributed by atoms with Crippen molar-refractivity contribution < 1.29 is 19.1 Å². The monoisotopic (exact) mass is 332 g/mol. The molecule has 0 saturated heterocycles. The number of nitrogens with zero attached hydrogens (tertiary/aromatic N) is 1. The third kappa shape index (κ3) is 7.79. The molecule has 0 unspecified atom stereocenters. The normalized spacial score (nSPS) is 11.0. The molecule has 0 radical (unpaired) electrons. The van der Waals surface area contributed by atoms with Crippen LogP contribution in [0.3, 0.4) is 0 Å². The van der Waals surface area contributed by atoms with Crippen molar-refractivity contribution in [3.8, 4) is 6.07 Å². The third-order valence-electron chi connectivity index (χ3n) is 3.07. The van der Waals surface area contributed by atoms with Crippen LogP contribution in [0.25, 0.3) is 0 Å². The van der Waals surface area contributed by atoms with Crippen LogP contribution in [0.5, 0.6) is 0 Å². The highest BCUT2D eigenvalue weighted by Crippen LogP contribution is 2.01. The van der Waals surface area contributed by atoms with Crippen molar-refractivity contribution in [3.63, 3.8) is 0 Å². The maximum Gasteiger partial charge on any atom is 0.407 e. The van der Waals surface area contributed by atoms with Gasteiger partial charge in [-0.2, -0.15) is 5.26 Å². The Balaban J connectivity index is 2.29. The SMILES string of the molecule is N#CCCC[C@H](NC(=O)CNC(=O)OCc1ccccc1)C(N)=O. The van der Waals surface area contributed by atoms with Crippen LogP contribution in [0.15, 0.2) is 30.3 Å². The molecular formula is C16H20N4O4. The fourth-order valence-corrected chi connectivity index (χ4v) is 1.84. The lowest BCUT2D eigenvalue weighted by atomic mass is 10.1. The molecule has 0 spiro atoms. The van der Waals surface area contributed by atoms with Crippen LogP contribution in [0.2, 0.25) is 0 Å². The van der Waals surface area contributed by atoms with E-state index in [0.29, 0.717) is 6.42 Å². The summed E-state index contributed by atoms with van der Waals surface area (Å²) in [7, 11) is 0. The van der Waals surface area contributed by atoms with Crippen molar-refractivity contribution in [1.29, 1.82) is 5.26 Å². The van der Waals surface area contributed by atoms with E-state index in [9.17, 15) is 14.4 Å². The standard InChI is InChI=1S/C16H20N4O4/c17-9-5-4-8-13(15(18)22)20-14(21)10-19-16(23)24-11-12-6-2-1-3-7-12/h1-3,6-7,13H,4-5,8,10-11H2,(H2,18,22)(H,19,23)(H,20,21)/t13-/m0/s1. The lowest BCUT2D eigenvalue weighted by molar-refractivity contribution is -0.127. The Morgan fingerprint density at radius 2 is 1.96 bits per heavy atom. The minimum Gasteiger partial charge on any atom is -0.445 e. The van der Waals surface area contributed by atoms with Crippen LogP contribution in [-0.2, 0) is 20.9 Å². The second-order valence-electron chi connectivity index (χ2n) is 4.99. The number of carbonyl (C=O) groups is 3. The lowest BCUT2D eigenvalue weighted by Gasteiger charge is -2.15. The van der Waals surface area contributed by atoms with Gasteiger partial charge >= 0.3 is 6.09 Å². The Morgan fingerprint density at radius 1 is 1.25 bits per heavy atom. The summed E-state index contributed by atoms with van der Waals surface area (Å²) in [6.45, 7) is -0.248. The van der Waals surface area contributed by atoms with Crippen LogP contribution < -0.4 is 16.4 Å². The van der Waals surface area contributed by atoms with Gasteiger partial charge in [-0.05, 0) is 18.4 Å². The van der Waals surface area contributed by atoms with Gasteiger partial charge in [0.2, 0.25) is 11.8 Å². The number of nitriles is 1. The van der Waals surface area contributed by atoms with Crippen LogP contribution in [0, 0.1) is 11.3 Å². The molecule has 0 aliphatic heterocycles. The number of alkyl carbamates (subject to hydrolysis) is 1. The van der Waals surface area contributed by atoms with Gasteiger partial charge in [-0.15, -0.1) is 0 Å². The summed E-state index contributed by atoms with van der Waals surface area (Å²) < 4.78 is 4.95. The molecule has 3 amide bonds. The zero-order valence-electron chi connectivity index (χ0n) is 13.2. The molecule has 8 heteroatoms. The number of hydrogen-bond donors (Lipinski definition) is 3. The van der Waals surface area contributed by atoms with E-state index in [1.54, 1.807) is 12.1 Å². The number of carbonyl (C=O) groups excluding carboxylic acids is 3. The molecule has 0 aliphatic rings. The molecule has 128 valence electrons. The van der Waals surface area contributed by atoms with Crippen molar-refractivity contribution in [2.45, 2.75) is 31.9 Å². The fraction of sp³-hybridized carbons (Fsp3) is 0.375. The molecule has 8 nitrogen and oxygen atoms in total. The van der Waals surface area contributed by atoms with E-state index in [1.165, 1.54) is 0 Å². The predicted molar refractivity (Wildman–Crippen MR) is 85.2 cm³/mol. The van der Waals surface area contributed by atoms with E-state index in [0.717, 1.165) is 5.56 Å². The maximum absolute atomic E-state index is 11.7. The van der Waals surface area contributed by atoms with E-state index in [4.69, 9.17) is 15.7 Å². The highest BCUT2D eigenvalue weighted by atomic mass is 16.5. The molecule has 0 fully saturated rings. The Hall–Kier alpha value is -3.08. The van der Waals surface area contributed by atoms with Gasteiger partial charge < -0.3 is 21.1 Å². The summed E-state index contributed by atoms with van der Waals surface area (Å²) in [5.41, 5.74) is 6.01. The predicted octanol–water partition coefficient (Wildman–Crippen LogP) is 0.577. The fourth-order valence-electron chi connectivity index (χ4n) is 1.84. The molecule has 1 atom stereocenters. The first-order valence-corrected chi connectivity index (χ1v) is 7.43. The Labute approximate surface area is 140 Å². The van der Waals surface area contributed by atoms with Gasteiger partial charge in [0.05, 0.1) is 6.07 Å². The van der Waals surface area contributed by atoms with Gasteiger partial charge in [-0.25, -0.2) is 4.79 Å². The van der Waals surface area contributed by atoms with E-state index >= 15 is 0 Å². The molecule has 0 aliphatic carbocycles. The highest BCUT2D eigenvalue weighted by molar-refractivity contribution is 5.88. The number of primary amides is 1. The molecule has 0 aromatic heterocycles. The largest absolute Gasteiger partial charge is 0.445 e. The van der Waals surface area contributed by atoms with Gasteiger partial charge in [-0.3, -0.25) is 9.59 Å². The number of unbranched alkanes of at least 4 members (excludes halogenated alkanes) is 1. The smallest absolute Gasteiger partial charge is 0.407 e. The summed E-state index contributed by atoms with van der Waals surface area (Å²) in [6.07, 6.45) is 0.238. The summed E-state index contributed by atoms with van der Waals surface area (Å²) in [4.78, 5) is 34.5. The molecule has 1 aromatic carbocycles. The number of benzene rings is 1. The minimum atomic E-state index is -0.868. The first-order chi connectivity index (χ1) is 11.5. The van der Waals surface area contributed by atoms with Gasteiger partial charge in [0.25, 0.3) is 0 Å². The second kappa shape index (κ2) is 10.6. The van der Waals surface area contributed by atoms with E-state index in [1.807, 2.05) is 24.3 Å². The Bertz CT molecular complexity index is 598. The lowest BCUT2D eigenvalue weighted by Crippen LogP contribution is -2.47. The zero-order valence-corrected chi connectivity index (χ0v) is 13.2. The summed E-state index contributed by atoms with van der Waals surface area (Å²) in [5, 5.41) is 13.2. The van der Waals surface area contributed by atoms with Gasteiger partial charge in [0.15, 0.2) is 0 Å². The van der Waals surface area contributed by atoms with Crippen molar-refractivity contribution in [1.82, 2.24) is 10.6 Å². The molecule has 24 heavy (non-hydrogen) atoms. The average Bonchev–Trinajstić information content (AvgIpc) is 2.58. The molecule has 0 heterocycles. The zero-order chi connectivity index (χ0) is 17.8. The van der Waals surface area contributed by atoms with Crippen molar-refractivity contribution in [2.24, 2.45) is 5.73 Å². The van der Waals surface area contributed by atoms with Crippen molar-refractivity contribution in [2.75, 3.05) is 6.54 Å². The van der Waals surface area contributed by atoms with Crippen LogP contribution >= 0.6 is 0 Å².